The maximum atomic E-state index is 12.0. The Morgan fingerprint density at radius 3 is 2.72 bits per heavy atom. The maximum Gasteiger partial charge on any atom is 0.227 e. The number of hydrogen-bond acceptors (Lipinski definition) is 4. The molecule has 0 fully saturated rings. The van der Waals surface area contributed by atoms with Crippen LogP contribution in [-0.4, -0.2) is 16.0 Å². The van der Waals surface area contributed by atoms with Crippen LogP contribution in [-0.2, 0) is 11.2 Å². The van der Waals surface area contributed by atoms with Crippen molar-refractivity contribution >= 4 is 39.1 Å². The van der Waals surface area contributed by atoms with Gasteiger partial charge in [-0.1, -0.05) is 38.8 Å². The summed E-state index contributed by atoms with van der Waals surface area (Å²) in [6.45, 7) is 1.91. The molecule has 7 heteroatoms. The molecule has 128 valence electrons. The fraction of sp³-hybridized carbons (Fsp3) is 0.167. The Morgan fingerprint density at radius 2 is 2.00 bits per heavy atom. The van der Waals surface area contributed by atoms with Gasteiger partial charge in [-0.3, -0.25) is 4.79 Å². The van der Waals surface area contributed by atoms with Crippen LogP contribution in [0.1, 0.15) is 17.9 Å². The molecule has 0 unspecified atom stereocenters. The van der Waals surface area contributed by atoms with Crippen molar-refractivity contribution in [3.8, 4) is 11.4 Å². The molecule has 0 saturated carbocycles. The van der Waals surface area contributed by atoms with Gasteiger partial charge >= 0.3 is 0 Å². The predicted octanol–water partition coefficient (Wildman–Crippen LogP) is 5.03. The van der Waals surface area contributed by atoms with Gasteiger partial charge < -0.3 is 9.84 Å². The smallest absolute Gasteiger partial charge is 0.227 e. The standard InChI is InChI=1S/C18H15BrClN3O2/c1-11-2-7-14(10-15(11)20)21-16(24)8-9-17-22-18(23-25-17)12-3-5-13(19)6-4-12/h2-7,10H,8-9H2,1H3,(H,21,24). The molecule has 3 rings (SSSR count). The van der Waals surface area contributed by atoms with Gasteiger partial charge in [0.25, 0.3) is 0 Å². The summed E-state index contributed by atoms with van der Waals surface area (Å²) in [5.41, 5.74) is 2.49. The minimum Gasteiger partial charge on any atom is -0.339 e. The van der Waals surface area contributed by atoms with Crippen LogP contribution in [0.3, 0.4) is 0 Å². The highest BCUT2D eigenvalue weighted by Gasteiger charge is 2.11. The van der Waals surface area contributed by atoms with Crippen LogP contribution in [0.4, 0.5) is 5.69 Å². The van der Waals surface area contributed by atoms with Gasteiger partial charge in [0.1, 0.15) is 0 Å². The zero-order valence-electron chi connectivity index (χ0n) is 13.4. The van der Waals surface area contributed by atoms with E-state index in [4.69, 9.17) is 16.1 Å². The molecule has 3 aromatic rings. The van der Waals surface area contributed by atoms with Gasteiger partial charge in [0.05, 0.1) is 0 Å². The second-order valence-corrected chi connectivity index (χ2v) is 6.85. The summed E-state index contributed by atoms with van der Waals surface area (Å²) in [4.78, 5) is 16.4. The molecular formula is C18H15BrClN3O2. The first kappa shape index (κ1) is 17.6. The molecule has 1 amide bonds. The molecule has 2 aromatic carbocycles. The molecule has 1 heterocycles. The third-order valence-corrected chi connectivity index (χ3v) is 4.53. The number of hydrogen-bond donors (Lipinski definition) is 1. The SMILES string of the molecule is Cc1ccc(NC(=O)CCc2nc(-c3ccc(Br)cc3)no2)cc1Cl. The van der Waals surface area contributed by atoms with Gasteiger partial charge in [0, 0.05) is 33.6 Å². The van der Waals surface area contributed by atoms with Gasteiger partial charge in [0.15, 0.2) is 0 Å². The van der Waals surface area contributed by atoms with Gasteiger partial charge in [-0.05, 0) is 48.9 Å². The summed E-state index contributed by atoms with van der Waals surface area (Å²) in [7, 11) is 0. The predicted molar refractivity (Wildman–Crippen MR) is 101 cm³/mol. The van der Waals surface area contributed by atoms with Crippen molar-refractivity contribution in [3.05, 3.63) is 63.4 Å². The normalized spacial score (nSPS) is 10.7. The van der Waals surface area contributed by atoms with Crippen molar-refractivity contribution < 1.29 is 9.32 Å². The molecule has 25 heavy (non-hydrogen) atoms. The Hall–Kier alpha value is -2.18. The topological polar surface area (TPSA) is 68.0 Å². The van der Waals surface area contributed by atoms with E-state index in [-0.39, 0.29) is 12.3 Å². The molecule has 1 aromatic heterocycles. The summed E-state index contributed by atoms with van der Waals surface area (Å²) >= 11 is 9.44. The van der Waals surface area contributed by atoms with E-state index >= 15 is 0 Å². The minimum absolute atomic E-state index is 0.136. The monoisotopic (exact) mass is 419 g/mol. The zero-order valence-corrected chi connectivity index (χ0v) is 15.8. The van der Waals surface area contributed by atoms with E-state index in [0.29, 0.717) is 28.8 Å². The number of aromatic nitrogens is 2. The first-order valence-corrected chi connectivity index (χ1v) is 8.83. The first-order valence-electron chi connectivity index (χ1n) is 7.66. The van der Waals surface area contributed by atoms with E-state index in [2.05, 4.69) is 31.4 Å². The number of halogens is 2. The van der Waals surface area contributed by atoms with Crippen LogP contribution in [0.2, 0.25) is 5.02 Å². The zero-order chi connectivity index (χ0) is 17.8. The Morgan fingerprint density at radius 1 is 1.24 bits per heavy atom. The summed E-state index contributed by atoms with van der Waals surface area (Å²) in [6, 6.07) is 13.0. The van der Waals surface area contributed by atoms with Crippen molar-refractivity contribution in [1.29, 1.82) is 0 Å². The third kappa shape index (κ3) is 4.67. The number of amides is 1. The van der Waals surface area contributed by atoms with E-state index in [9.17, 15) is 4.79 Å². The largest absolute Gasteiger partial charge is 0.339 e. The number of nitrogens with zero attached hydrogens (tertiary/aromatic N) is 2. The molecule has 1 N–H and O–H groups in total. The number of carbonyl (C=O) groups excluding carboxylic acids is 1. The quantitative estimate of drug-likeness (QED) is 0.628. The molecular weight excluding hydrogens is 406 g/mol. The van der Waals surface area contributed by atoms with Crippen molar-refractivity contribution in [2.75, 3.05) is 5.32 Å². The summed E-state index contributed by atoms with van der Waals surface area (Å²) in [5, 5.41) is 7.37. The number of benzene rings is 2. The van der Waals surface area contributed by atoms with Crippen molar-refractivity contribution in [2.45, 2.75) is 19.8 Å². The molecule has 0 atom stereocenters. The van der Waals surface area contributed by atoms with Gasteiger partial charge in [-0.15, -0.1) is 0 Å². The summed E-state index contributed by atoms with van der Waals surface area (Å²) < 4.78 is 6.19. The van der Waals surface area contributed by atoms with Crippen LogP contribution < -0.4 is 5.32 Å². The van der Waals surface area contributed by atoms with Crippen LogP contribution in [0, 0.1) is 6.92 Å². The van der Waals surface area contributed by atoms with E-state index in [1.807, 2.05) is 43.3 Å². The highest BCUT2D eigenvalue weighted by molar-refractivity contribution is 9.10. The first-order chi connectivity index (χ1) is 12.0. The van der Waals surface area contributed by atoms with Crippen molar-refractivity contribution in [2.24, 2.45) is 0 Å². The second kappa shape index (κ2) is 7.80. The van der Waals surface area contributed by atoms with Crippen LogP contribution in [0.15, 0.2) is 51.5 Å². The fourth-order valence-electron chi connectivity index (χ4n) is 2.19. The lowest BCUT2D eigenvalue weighted by Gasteiger charge is -2.06. The molecule has 0 aliphatic rings. The summed E-state index contributed by atoms with van der Waals surface area (Å²) in [5.74, 6) is 0.798. The van der Waals surface area contributed by atoms with E-state index in [0.717, 1.165) is 15.6 Å². The summed E-state index contributed by atoms with van der Waals surface area (Å²) in [6.07, 6.45) is 0.614. The Bertz CT molecular complexity index is 894. The number of nitrogens with one attached hydrogen (secondary N) is 1. The van der Waals surface area contributed by atoms with Crippen molar-refractivity contribution in [1.82, 2.24) is 10.1 Å². The fourth-order valence-corrected chi connectivity index (χ4v) is 2.63. The van der Waals surface area contributed by atoms with Crippen LogP contribution in [0.25, 0.3) is 11.4 Å². The Balaban J connectivity index is 1.57. The minimum atomic E-state index is -0.136. The molecule has 0 saturated heterocycles. The molecule has 0 radical (unpaired) electrons. The Labute approximate surface area is 158 Å². The van der Waals surface area contributed by atoms with Gasteiger partial charge in [0.2, 0.25) is 17.6 Å². The lowest BCUT2D eigenvalue weighted by Crippen LogP contribution is -2.12. The van der Waals surface area contributed by atoms with Crippen molar-refractivity contribution in [3.63, 3.8) is 0 Å². The second-order valence-electron chi connectivity index (χ2n) is 5.53. The molecule has 0 aliphatic heterocycles. The average Bonchev–Trinajstić information content (AvgIpc) is 3.06. The van der Waals surface area contributed by atoms with E-state index in [1.54, 1.807) is 6.07 Å². The van der Waals surface area contributed by atoms with Crippen LogP contribution >= 0.6 is 27.5 Å². The van der Waals surface area contributed by atoms with E-state index in [1.165, 1.54) is 0 Å². The van der Waals surface area contributed by atoms with Crippen LogP contribution in [0.5, 0.6) is 0 Å². The highest BCUT2D eigenvalue weighted by atomic mass is 79.9. The molecule has 5 nitrogen and oxygen atoms in total. The molecule has 0 spiro atoms. The lowest BCUT2D eigenvalue weighted by molar-refractivity contribution is -0.116. The number of carbonyl (C=O) groups is 1. The molecule has 0 aliphatic carbocycles. The highest BCUT2D eigenvalue weighted by Crippen LogP contribution is 2.21. The molecule has 0 bridgehead atoms. The van der Waals surface area contributed by atoms with E-state index < -0.39 is 0 Å². The number of aryl methyl sites for hydroxylation is 2. The van der Waals surface area contributed by atoms with Gasteiger partial charge in [-0.25, -0.2) is 0 Å². The number of rotatable bonds is 5. The Kier molecular flexibility index (Phi) is 5.50. The average molecular weight is 421 g/mol. The maximum absolute atomic E-state index is 12.0. The third-order valence-electron chi connectivity index (χ3n) is 3.59. The number of anilines is 1. The van der Waals surface area contributed by atoms with Gasteiger partial charge in [-0.2, -0.15) is 4.98 Å². The lowest BCUT2D eigenvalue weighted by atomic mass is 10.2.